The lowest BCUT2D eigenvalue weighted by Gasteiger charge is -2.18. The molecule has 3 aromatic rings. The molecule has 5 N–H and O–H groups in total. The number of aliphatic hydroxyl groups excluding tert-OH is 1. The number of hydrogen-bond acceptors (Lipinski definition) is 3. The Kier molecular flexibility index (Phi) is 5.60. The molecule has 152 valence electrons. The molecule has 2 aromatic carbocycles. The molecule has 0 fully saturated rings. The van der Waals surface area contributed by atoms with Gasteiger partial charge in [-0.15, -0.1) is 0 Å². The molecule has 0 aliphatic rings. The number of alkyl halides is 3. The molecule has 0 radical (unpaired) electrons. The molecule has 0 bridgehead atoms. The molecule has 9 heteroatoms. The van der Waals surface area contributed by atoms with E-state index in [1.807, 2.05) is 24.3 Å². The molecule has 6 nitrogen and oxygen atoms in total. The van der Waals surface area contributed by atoms with Crippen LogP contribution in [-0.2, 0) is 22.2 Å². The highest BCUT2D eigenvalue weighted by Crippen LogP contribution is 2.30. The van der Waals surface area contributed by atoms with E-state index in [1.54, 1.807) is 6.20 Å². The highest BCUT2D eigenvalue weighted by molar-refractivity contribution is 5.90. The van der Waals surface area contributed by atoms with Gasteiger partial charge >= 0.3 is 6.18 Å². The molecular weight excluding hydrogens is 387 g/mol. The summed E-state index contributed by atoms with van der Waals surface area (Å²) in [7, 11) is 0. The van der Waals surface area contributed by atoms with Crippen molar-refractivity contribution in [3.05, 3.63) is 71.4 Å². The second kappa shape index (κ2) is 7.96. The molecule has 0 aliphatic carbocycles. The van der Waals surface area contributed by atoms with E-state index < -0.39 is 35.7 Å². The van der Waals surface area contributed by atoms with E-state index in [0.717, 1.165) is 40.7 Å². The lowest BCUT2D eigenvalue weighted by Crippen LogP contribution is -2.47. The first-order chi connectivity index (χ1) is 13.7. The zero-order valence-electron chi connectivity index (χ0n) is 15.0. The quantitative estimate of drug-likeness (QED) is 0.506. The second-order valence-electron chi connectivity index (χ2n) is 6.55. The molecule has 2 amide bonds. The van der Waals surface area contributed by atoms with Crippen LogP contribution in [-0.4, -0.2) is 27.9 Å². The highest BCUT2D eigenvalue weighted by Gasteiger charge is 2.31. The van der Waals surface area contributed by atoms with Crippen molar-refractivity contribution < 1.29 is 27.9 Å². The summed E-state index contributed by atoms with van der Waals surface area (Å²) < 4.78 is 37.9. The number of nitrogens with one attached hydrogen (secondary N) is 2. The number of fused-ring (bicyclic) bond motifs is 1. The van der Waals surface area contributed by atoms with Crippen LogP contribution >= 0.6 is 0 Å². The van der Waals surface area contributed by atoms with Crippen molar-refractivity contribution in [3.8, 4) is 0 Å². The van der Waals surface area contributed by atoms with Gasteiger partial charge in [-0.2, -0.15) is 13.2 Å². The number of amides is 2. The molecule has 2 atom stereocenters. The smallest absolute Gasteiger partial charge is 0.378 e. The molecule has 3 rings (SSSR count). The van der Waals surface area contributed by atoms with Gasteiger partial charge in [-0.25, -0.2) is 0 Å². The van der Waals surface area contributed by atoms with Gasteiger partial charge < -0.3 is 21.1 Å². The van der Waals surface area contributed by atoms with Gasteiger partial charge in [-0.1, -0.05) is 30.3 Å². The molecule has 0 aliphatic heterocycles. The topological polar surface area (TPSA) is 108 Å². The number of rotatable bonds is 6. The van der Waals surface area contributed by atoms with Crippen LogP contribution in [0.5, 0.6) is 0 Å². The van der Waals surface area contributed by atoms with Crippen LogP contribution in [0.25, 0.3) is 10.9 Å². The Labute approximate surface area is 163 Å². The predicted molar refractivity (Wildman–Crippen MR) is 99.5 cm³/mol. The summed E-state index contributed by atoms with van der Waals surface area (Å²) in [5.74, 6) is -1.74. The Balaban J connectivity index is 1.73. The fourth-order valence-corrected chi connectivity index (χ4v) is 3.00. The monoisotopic (exact) mass is 405 g/mol. The van der Waals surface area contributed by atoms with E-state index in [2.05, 4.69) is 10.3 Å². The van der Waals surface area contributed by atoms with Gasteiger partial charge in [0.15, 0.2) is 6.10 Å². The standard InChI is InChI=1S/C20H18F3N3O3/c21-20(22,23)13-7-5-11(6-8-13)17(27)19(29)26-16(18(24)28)9-12-10-25-15-4-2-1-3-14(12)15/h1-8,10,16-17,25,27H,9H2,(H2,24,28)(H,26,29)/t16-,17+/m0/s1. The van der Waals surface area contributed by atoms with Crippen LogP contribution in [0.1, 0.15) is 22.8 Å². The average molecular weight is 405 g/mol. The Morgan fingerprint density at radius 3 is 2.38 bits per heavy atom. The Morgan fingerprint density at radius 2 is 1.76 bits per heavy atom. The third kappa shape index (κ3) is 4.57. The SMILES string of the molecule is NC(=O)[C@H](Cc1c[nH]c2ccccc12)NC(=O)[C@H](O)c1ccc(C(F)(F)F)cc1. The fraction of sp³-hybridized carbons (Fsp3) is 0.200. The fourth-order valence-electron chi connectivity index (χ4n) is 3.00. The number of halogens is 3. The van der Waals surface area contributed by atoms with Crippen molar-refractivity contribution in [1.82, 2.24) is 10.3 Å². The predicted octanol–water partition coefficient (Wildman–Crippen LogP) is 2.43. The first kappa shape index (κ1) is 20.4. The molecule has 1 aromatic heterocycles. The van der Waals surface area contributed by atoms with Crippen LogP contribution < -0.4 is 11.1 Å². The van der Waals surface area contributed by atoms with E-state index in [4.69, 9.17) is 5.73 Å². The van der Waals surface area contributed by atoms with E-state index in [-0.39, 0.29) is 12.0 Å². The number of carbonyl (C=O) groups is 2. The molecular formula is C20H18F3N3O3. The van der Waals surface area contributed by atoms with Gasteiger partial charge in [0, 0.05) is 23.5 Å². The van der Waals surface area contributed by atoms with Crippen molar-refractivity contribution >= 4 is 22.7 Å². The van der Waals surface area contributed by atoms with E-state index in [9.17, 15) is 27.9 Å². The first-order valence-electron chi connectivity index (χ1n) is 8.66. The van der Waals surface area contributed by atoms with Crippen LogP contribution in [0.2, 0.25) is 0 Å². The minimum absolute atomic E-state index is 0.0363. The van der Waals surface area contributed by atoms with Crippen LogP contribution in [0, 0.1) is 0 Å². The highest BCUT2D eigenvalue weighted by atomic mass is 19.4. The van der Waals surface area contributed by atoms with Gasteiger partial charge in [0.2, 0.25) is 5.91 Å². The molecule has 0 spiro atoms. The number of carbonyl (C=O) groups excluding carboxylic acids is 2. The minimum atomic E-state index is -4.53. The number of aromatic amines is 1. The molecule has 29 heavy (non-hydrogen) atoms. The summed E-state index contributed by atoms with van der Waals surface area (Å²) in [6.45, 7) is 0. The maximum atomic E-state index is 12.6. The zero-order valence-corrected chi connectivity index (χ0v) is 15.0. The van der Waals surface area contributed by atoms with Crippen LogP contribution in [0.3, 0.4) is 0 Å². The summed E-state index contributed by atoms with van der Waals surface area (Å²) in [4.78, 5) is 27.2. The first-order valence-corrected chi connectivity index (χ1v) is 8.66. The average Bonchev–Trinajstić information content (AvgIpc) is 3.09. The number of aliphatic hydroxyl groups is 1. The number of H-pyrrole nitrogens is 1. The largest absolute Gasteiger partial charge is 0.416 e. The second-order valence-corrected chi connectivity index (χ2v) is 6.55. The van der Waals surface area contributed by atoms with Crippen molar-refractivity contribution in [2.45, 2.75) is 24.7 Å². The lowest BCUT2D eigenvalue weighted by atomic mass is 10.0. The Bertz CT molecular complexity index is 1030. The van der Waals surface area contributed by atoms with E-state index in [1.165, 1.54) is 0 Å². The van der Waals surface area contributed by atoms with Crippen LogP contribution in [0.4, 0.5) is 13.2 Å². The maximum absolute atomic E-state index is 12.6. The third-order valence-corrected chi connectivity index (χ3v) is 4.56. The summed E-state index contributed by atoms with van der Waals surface area (Å²) >= 11 is 0. The molecule has 0 saturated heterocycles. The van der Waals surface area contributed by atoms with E-state index >= 15 is 0 Å². The van der Waals surface area contributed by atoms with E-state index in [0.29, 0.717) is 0 Å². The summed E-state index contributed by atoms with van der Waals surface area (Å²) in [6, 6.07) is 9.81. The lowest BCUT2D eigenvalue weighted by molar-refractivity contribution is -0.137. The molecule has 0 saturated carbocycles. The number of nitrogens with two attached hydrogens (primary N) is 1. The summed E-state index contributed by atoms with van der Waals surface area (Å²) in [5, 5.41) is 13.4. The van der Waals surface area contributed by atoms with Gasteiger partial charge in [0.05, 0.1) is 5.56 Å². The van der Waals surface area contributed by atoms with Crippen molar-refractivity contribution in [1.29, 1.82) is 0 Å². The minimum Gasteiger partial charge on any atom is -0.378 e. The van der Waals surface area contributed by atoms with Gasteiger partial charge in [0.25, 0.3) is 5.91 Å². The number of para-hydroxylation sites is 1. The van der Waals surface area contributed by atoms with Gasteiger partial charge in [-0.05, 0) is 29.3 Å². The third-order valence-electron chi connectivity index (χ3n) is 4.56. The summed E-state index contributed by atoms with van der Waals surface area (Å²) in [6.07, 6.45) is -4.49. The van der Waals surface area contributed by atoms with Crippen molar-refractivity contribution in [2.24, 2.45) is 5.73 Å². The van der Waals surface area contributed by atoms with Gasteiger partial charge in [0.1, 0.15) is 6.04 Å². The summed E-state index contributed by atoms with van der Waals surface area (Å²) in [5.41, 5.74) is 6.04. The van der Waals surface area contributed by atoms with Gasteiger partial charge in [-0.3, -0.25) is 9.59 Å². The molecule has 1 heterocycles. The van der Waals surface area contributed by atoms with Crippen molar-refractivity contribution in [3.63, 3.8) is 0 Å². The number of hydrogen-bond donors (Lipinski definition) is 4. The Hall–Kier alpha value is -3.33. The number of benzene rings is 2. The maximum Gasteiger partial charge on any atom is 0.416 e. The number of primary amides is 1. The van der Waals surface area contributed by atoms with Crippen molar-refractivity contribution in [2.75, 3.05) is 0 Å². The number of aromatic nitrogens is 1. The molecule has 0 unspecified atom stereocenters. The normalized spacial score (nSPS) is 13.8. The Morgan fingerprint density at radius 1 is 1.10 bits per heavy atom. The zero-order chi connectivity index (χ0) is 21.2. The van der Waals surface area contributed by atoms with Crippen LogP contribution in [0.15, 0.2) is 54.7 Å².